The molecule has 0 saturated carbocycles. The molecule has 0 radical (unpaired) electrons. The van der Waals surface area contributed by atoms with Gasteiger partial charge in [-0.2, -0.15) is 0 Å². The quantitative estimate of drug-likeness (QED) is 0.696. The Morgan fingerprint density at radius 3 is 2.40 bits per heavy atom. The topological polar surface area (TPSA) is 40.5 Å². The molecule has 0 aliphatic rings. The van der Waals surface area contributed by atoms with E-state index in [1.54, 1.807) is 6.07 Å². The second kappa shape index (κ2) is 3.46. The van der Waals surface area contributed by atoms with Crippen molar-refractivity contribution in [2.45, 2.75) is 19.8 Å². The van der Waals surface area contributed by atoms with Crippen LogP contribution in [0.4, 0.5) is 0 Å². The van der Waals surface area contributed by atoms with Crippen molar-refractivity contribution in [3.63, 3.8) is 0 Å². The zero-order chi connectivity index (χ0) is 11.0. The standard InChI is InChI=1S/C13H14O2/c1-8(2)12-10-6-4-3-5-9(10)7-11(14)13(12)15/h3-8,14-15H,1-2H3. The summed E-state index contributed by atoms with van der Waals surface area (Å²) >= 11 is 0. The first-order valence-corrected chi connectivity index (χ1v) is 5.05. The zero-order valence-corrected chi connectivity index (χ0v) is 8.86. The number of aromatic hydroxyl groups is 2. The van der Waals surface area contributed by atoms with E-state index in [1.165, 1.54) is 0 Å². The SMILES string of the molecule is CC(C)c1c(O)c(O)cc2ccccc12. The van der Waals surface area contributed by atoms with E-state index in [2.05, 4.69) is 0 Å². The van der Waals surface area contributed by atoms with Gasteiger partial charge in [-0.3, -0.25) is 0 Å². The maximum Gasteiger partial charge on any atom is 0.161 e. The van der Waals surface area contributed by atoms with E-state index < -0.39 is 0 Å². The van der Waals surface area contributed by atoms with E-state index >= 15 is 0 Å². The molecule has 15 heavy (non-hydrogen) atoms. The van der Waals surface area contributed by atoms with E-state index in [-0.39, 0.29) is 17.4 Å². The van der Waals surface area contributed by atoms with Gasteiger partial charge in [0, 0.05) is 5.56 Å². The fraction of sp³-hybridized carbons (Fsp3) is 0.231. The highest BCUT2D eigenvalue weighted by molar-refractivity contribution is 5.90. The zero-order valence-electron chi connectivity index (χ0n) is 8.86. The lowest BCUT2D eigenvalue weighted by Crippen LogP contribution is -1.91. The third kappa shape index (κ3) is 1.52. The van der Waals surface area contributed by atoms with Gasteiger partial charge in [0.2, 0.25) is 0 Å². The van der Waals surface area contributed by atoms with Crippen LogP contribution in [0.3, 0.4) is 0 Å². The van der Waals surface area contributed by atoms with E-state index in [1.807, 2.05) is 38.1 Å². The summed E-state index contributed by atoms with van der Waals surface area (Å²) in [5, 5.41) is 21.4. The second-order valence-corrected chi connectivity index (χ2v) is 4.03. The minimum Gasteiger partial charge on any atom is -0.504 e. The van der Waals surface area contributed by atoms with Crippen LogP contribution in [0.1, 0.15) is 25.3 Å². The smallest absolute Gasteiger partial charge is 0.161 e. The number of fused-ring (bicyclic) bond motifs is 1. The average Bonchev–Trinajstić information content (AvgIpc) is 2.19. The summed E-state index contributed by atoms with van der Waals surface area (Å²) in [6, 6.07) is 9.34. The number of rotatable bonds is 1. The third-order valence-electron chi connectivity index (χ3n) is 2.62. The Bertz CT molecular complexity index is 501. The van der Waals surface area contributed by atoms with Gasteiger partial charge >= 0.3 is 0 Å². The van der Waals surface area contributed by atoms with Crippen molar-refractivity contribution in [2.75, 3.05) is 0 Å². The molecular formula is C13H14O2. The van der Waals surface area contributed by atoms with Gasteiger partial charge in [-0.1, -0.05) is 38.1 Å². The van der Waals surface area contributed by atoms with E-state index in [9.17, 15) is 10.2 Å². The Balaban J connectivity index is 2.89. The molecule has 2 rings (SSSR count). The van der Waals surface area contributed by atoms with Gasteiger partial charge in [-0.25, -0.2) is 0 Å². The van der Waals surface area contributed by atoms with Crippen LogP contribution in [0, 0.1) is 0 Å². The van der Waals surface area contributed by atoms with E-state index in [0.717, 1.165) is 16.3 Å². The highest BCUT2D eigenvalue weighted by Crippen LogP contribution is 2.39. The summed E-state index contributed by atoms with van der Waals surface area (Å²) in [5.74, 6) is 0.142. The molecule has 78 valence electrons. The van der Waals surface area contributed by atoms with E-state index in [4.69, 9.17) is 0 Å². The monoisotopic (exact) mass is 202 g/mol. The molecule has 2 N–H and O–H groups in total. The first-order chi connectivity index (χ1) is 7.11. The van der Waals surface area contributed by atoms with Crippen LogP contribution in [0.2, 0.25) is 0 Å². The van der Waals surface area contributed by atoms with Gasteiger partial charge in [0.15, 0.2) is 11.5 Å². The predicted molar refractivity (Wildman–Crippen MR) is 61.4 cm³/mol. The molecule has 0 heterocycles. The Kier molecular flexibility index (Phi) is 2.27. The lowest BCUT2D eigenvalue weighted by Gasteiger charge is -2.13. The normalized spacial score (nSPS) is 11.1. The Morgan fingerprint density at radius 1 is 1.07 bits per heavy atom. The molecule has 2 nitrogen and oxygen atoms in total. The van der Waals surface area contributed by atoms with Crippen LogP contribution >= 0.6 is 0 Å². The van der Waals surface area contributed by atoms with Crippen molar-refractivity contribution in [1.82, 2.24) is 0 Å². The number of phenolic OH excluding ortho intramolecular Hbond substituents is 2. The molecule has 2 heteroatoms. The van der Waals surface area contributed by atoms with Crippen LogP contribution in [0.15, 0.2) is 30.3 Å². The Hall–Kier alpha value is -1.70. The van der Waals surface area contributed by atoms with Crippen LogP contribution < -0.4 is 0 Å². The van der Waals surface area contributed by atoms with Crippen LogP contribution in [0.5, 0.6) is 11.5 Å². The molecule has 0 aliphatic carbocycles. The molecule has 0 aliphatic heterocycles. The molecule has 0 saturated heterocycles. The van der Waals surface area contributed by atoms with Crippen LogP contribution in [-0.4, -0.2) is 10.2 Å². The number of hydrogen-bond donors (Lipinski definition) is 2. The van der Waals surface area contributed by atoms with Crippen molar-refractivity contribution in [1.29, 1.82) is 0 Å². The minimum absolute atomic E-state index is 0.00343. The van der Waals surface area contributed by atoms with Crippen molar-refractivity contribution in [3.8, 4) is 11.5 Å². The van der Waals surface area contributed by atoms with E-state index in [0.29, 0.717) is 0 Å². The van der Waals surface area contributed by atoms with Crippen molar-refractivity contribution in [2.24, 2.45) is 0 Å². The number of phenols is 2. The predicted octanol–water partition coefficient (Wildman–Crippen LogP) is 3.37. The maximum absolute atomic E-state index is 9.82. The first-order valence-electron chi connectivity index (χ1n) is 5.05. The van der Waals surface area contributed by atoms with Gasteiger partial charge in [-0.05, 0) is 22.8 Å². The van der Waals surface area contributed by atoms with Crippen molar-refractivity contribution < 1.29 is 10.2 Å². The molecular weight excluding hydrogens is 188 g/mol. The summed E-state index contributed by atoms with van der Waals surface area (Å²) in [5.41, 5.74) is 0.811. The molecule has 2 aromatic rings. The van der Waals surface area contributed by atoms with Crippen LogP contribution in [-0.2, 0) is 0 Å². The van der Waals surface area contributed by atoms with Crippen molar-refractivity contribution >= 4 is 10.8 Å². The van der Waals surface area contributed by atoms with Crippen LogP contribution in [0.25, 0.3) is 10.8 Å². The maximum atomic E-state index is 9.82. The molecule has 0 amide bonds. The highest BCUT2D eigenvalue weighted by Gasteiger charge is 2.14. The van der Waals surface area contributed by atoms with Gasteiger partial charge in [0.25, 0.3) is 0 Å². The largest absolute Gasteiger partial charge is 0.504 e. The summed E-state index contributed by atoms with van der Waals surface area (Å²) < 4.78 is 0. The third-order valence-corrected chi connectivity index (χ3v) is 2.62. The molecule has 0 atom stereocenters. The molecule has 2 aromatic carbocycles. The minimum atomic E-state index is -0.0441. The van der Waals surface area contributed by atoms with Gasteiger partial charge < -0.3 is 10.2 Å². The lowest BCUT2D eigenvalue weighted by atomic mass is 9.94. The van der Waals surface area contributed by atoms with Crippen molar-refractivity contribution in [3.05, 3.63) is 35.9 Å². The number of hydrogen-bond acceptors (Lipinski definition) is 2. The molecule has 0 unspecified atom stereocenters. The summed E-state index contributed by atoms with van der Waals surface area (Å²) in [6.45, 7) is 4.00. The Labute approximate surface area is 88.8 Å². The first kappa shape index (κ1) is 9.84. The fourth-order valence-electron chi connectivity index (χ4n) is 1.93. The molecule has 0 aromatic heterocycles. The molecule has 0 fully saturated rings. The average molecular weight is 202 g/mol. The fourth-order valence-corrected chi connectivity index (χ4v) is 1.93. The molecule has 0 bridgehead atoms. The summed E-state index contributed by atoms with van der Waals surface area (Å²) in [7, 11) is 0. The molecule has 0 spiro atoms. The van der Waals surface area contributed by atoms with Gasteiger partial charge in [0.05, 0.1) is 0 Å². The highest BCUT2D eigenvalue weighted by atomic mass is 16.3. The Morgan fingerprint density at radius 2 is 1.73 bits per heavy atom. The second-order valence-electron chi connectivity index (χ2n) is 4.03. The lowest BCUT2D eigenvalue weighted by molar-refractivity contribution is 0.399. The number of benzene rings is 2. The summed E-state index contributed by atoms with van der Waals surface area (Å²) in [4.78, 5) is 0. The van der Waals surface area contributed by atoms with Gasteiger partial charge in [0.1, 0.15) is 0 Å². The summed E-state index contributed by atoms with van der Waals surface area (Å²) in [6.07, 6.45) is 0. The van der Waals surface area contributed by atoms with Gasteiger partial charge in [-0.15, -0.1) is 0 Å².